The molecule has 2 aromatic carbocycles. The van der Waals surface area contributed by atoms with Gasteiger partial charge in [-0.05, 0) is 36.5 Å². The second kappa shape index (κ2) is 7.35. The number of nitrogens with one attached hydrogen (secondary N) is 1. The molecule has 0 aliphatic carbocycles. The van der Waals surface area contributed by atoms with Crippen molar-refractivity contribution < 1.29 is 9.47 Å². The SMILES string of the molecule is NC(=S)Nc1cccc(OCCOc2ccccc2)c1. The van der Waals surface area contributed by atoms with Crippen molar-refractivity contribution in [3.8, 4) is 11.5 Å². The van der Waals surface area contributed by atoms with Crippen LogP contribution in [0.25, 0.3) is 0 Å². The molecule has 0 spiro atoms. The molecule has 4 nitrogen and oxygen atoms in total. The van der Waals surface area contributed by atoms with Crippen molar-refractivity contribution >= 4 is 23.0 Å². The van der Waals surface area contributed by atoms with Crippen molar-refractivity contribution in [1.82, 2.24) is 0 Å². The van der Waals surface area contributed by atoms with E-state index in [4.69, 9.17) is 27.4 Å². The van der Waals surface area contributed by atoms with Crippen LogP contribution in [0, 0.1) is 0 Å². The highest BCUT2D eigenvalue weighted by Crippen LogP contribution is 2.17. The fraction of sp³-hybridized carbons (Fsp3) is 0.133. The van der Waals surface area contributed by atoms with Gasteiger partial charge in [-0.25, -0.2) is 0 Å². The van der Waals surface area contributed by atoms with E-state index in [2.05, 4.69) is 5.32 Å². The molecular weight excluding hydrogens is 272 g/mol. The first-order chi connectivity index (χ1) is 9.74. The Kier molecular flexibility index (Phi) is 5.20. The molecule has 0 saturated heterocycles. The average Bonchev–Trinajstić information content (AvgIpc) is 2.44. The minimum absolute atomic E-state index is 0.231. The van der Waals surface area contributed by atoms with Gasteiger partial charge in [0, 0.05) is 11.8 Å². The molecule has 0 saturated carbocycles. The van der Waals surface area contributed by atoms with Crippen molar-refractivity contribution in [2.75, 3.05) is 18.5 Å². The molecule has 0 aromatic heterocycles. The number of hydrogen-bond acceptors (Lipinski definition) is 3. The maximum atomic E-state index is 5.60. The zero-order valence-electron chi connectivity index (χ0n) is 10.9. The number of anilines is 1. The summed E-state index contributed by atoms with van der Waals surface area (Å²) in [7, 11) is 0. The molecule has 2 aromatic rings. The van der Waals surface area contributed by atoms with Crippen LogP contribution in [-0.4, -0.2) is 18.3 Å². The largest absolute Gasteiger partial charge is 0.490 e. The molecule has 0 unspecified atom stereocenters. The van der Waals surface area contributed by atoms with Crippen LogP contribution in [0.15, 0.2) is 54.6 Å². The number of thiocarbonyl (C=S) groups is 1. The van der Waals surface area contributed by atoms with Gasteiger partial charge in [0.05, 0.1) is 0 Å². The maximum absolute atomic E-state index is 5.60. The van der Waals surface area contributed by atoms with Gasteiger partial charge >= 0.3 is 0 Å². The summed E-state index contributed by atoms with van der Waals surface area (Å²) in [6.45, 7) is 0.947. The lowest BCUT2D eigenvalue weighted by Crippen LogP contribution is -2.18. The lowest BCUT2D eigenvalue weighted by molar-refractivity contribution is 0.217. The summed E-state index contributed by atoms with van der Waals surface area (Å²) >= 11 is 4.79. The Morgan fingerprint density at radius 2 is 1.60 bits per heavy atom. The Bertz CT molecular complexity index is 561. The minimum atomic E-state index is 0.231. The first-order valence-corrected chi connectivity index (χ1v) is 6.62. The first kappa shape index (κ1) is 14.1. The Hall–Kier alpha value is -2.27. The molecule has 5 heteroatoms. The number of benzene rings is 2. The second-order valence-corrected chi connectivity index (χ2v) is 4.47. The van der Waals surface area contributed by atoms with Crippen molar-refractivity contribution in [2.45, 2.75) is 0 Å². The van der Waals surface area contributed by atoms with Crippen LogP contribution in [0.1, 0.15) is 0 Å². The molecule has 104 valence electrons. The number of nitrogens with two attached hydrogens (primary N) is 1. The van der Waals surface area contributed by atoms with Gasteiger partial charge in [-0.3, -0.25) is 0 Å². The summed E-state index contributed by atoms with van der Waals surface area (Å²) in [6, 6.07) is 17.1. The van der Waals surface area contributed by atoms with Crippen LogP contribution in [-0.2, 0) is 0 Å². The number of para-hydroxylation sites is 1. The molecule has 0 amide bonds. The van der Waals surface area contributed by atoms with Gasteiger partial charge < -0.3 is 20.5 Å². The summed E-state index contributed by atoms with van der Waals surface area (Å²) in [5.41, 5.74) is 6.22. The van der Waals surface area contributed by atoms with Crippen LogP contribution < -0.4 is 20.5 Å². The smallest absolute Gasteiger partial charge is 0.168 e. The molecular formula is C15H16N2O2S. The van der Waals surface area contributed by atoms with Crippen LogP contribution in [0.5, 0.6) is 11.5 Å². The maximum Gasteiger partial charge on any atom is 0.168 e. The summed E-state index contributed by atoms with van der Waals surface area (Å²) in [5, 5.41) is 3.09. The van der Waals surface area contributed by atoms with Gasteiger partial charge in [0.15, 0.2) is 5.11 Å². The lowest BCUT2D eigenvalue weighted by atomic mass is 10.3. The third-order valence-corrected chi connectivity index (χ3v) is 2.57. The van der Waals surface area contributed by atoms with E-state index in [0.717, 1.165) is 17.2 Å². The van der Waals surface area contributed by atoms with E-state index in [9.17, 15) is 0 Å². The highest BCUT2D eigenvalue weighted by molar-refractivity contribution is 7.80. The predicted molar refractivity (Wildman–Crippen MR) is 84.3 cm³/mol. The van der Waals surface area contributed by atoms with Crippen LogP contribution in [0.4, 0.5) is 5.69 Å². The Balaban J connectivity index is 1.78. The third kappa shape index (κ3) is 4.78. The lowest BCUT2D eigenvalue weighted by Gasteiger charge is -2.10. The summed E-state index contributed by atoms with van der Waals surface area (Å²) in [4.78, 5) is 0. The van der Waals surface area contributed by atoms with Crippen molar-refractivity contribution in [2.24, 2.45) is 5.73 Å². The highest BCUT2D eigenvalue weighted by atomic mass is 32.1. The Morgan fingerprint density at radius 3 is 2.30 bits per heavy atom. The van der Waals surface area contributed by atoms with Gasteiger partial charge in [-0.15, -0.1) is 0 Å². The van der Waals surface area contributed by atoms with E-state index in [1.54, 1.807) is 0 Å². The third-order valence-electron chi connectivity index (χ3n) is 2.47. The van der Waals surface area contributed by atoms with Crippen LogP contribution in [0.3, 0.4) is 0 Å². The monoisotopic (exact) mass is 288 g/mol. The topological polar surface area (TPSA) is 56.5 Å². The van der Waals surface area contributed by atoms with Crippen molar-refractivity contribution in [1.29, 1.82) is 0 Å². The van der Waals surface area contributed by atoms with E-state index < -0.39 is 0 Å². The van der Waals surface area contributed by atoms with Crippen LogP contribution >= 0.6 is 12.2 Å². The molecule has 0 aliphatic rings. The second-order valence-electron chi connectivity index (χ2n) is 4.03. The van der Waals surface area contributed by atoms with Crippen molar-refractivity contribution in [3.63, 3.8) is 0 Å². The standard InChI is InChI=1S/C15H16N2O2S/c16-15(20)17-12-5-4-8-14(11-12)19-10-9-18-13-6-2-1-3-7-13/h1-8,11H,9-10H2,(H3,16,17,20). The molecule has 0 radical (unpaired) electrons. The number of hydrogen-bond donors (Lipinski definition) is 2. The van der Waals surface area contributed by atoms with Gasteiger partial charge in [0.2, 0.25) is 0 Å². The molecule has 0 heterocycles. The average molecular weight is 288 g/mol. The number of rotatable bonds is 6. The van der Waals surface area contributed by atoms with Gasteiger partial charge in [-0.1, -0.05) is 24.3 Å². The molecule has 0 bridgehead atoms. The molecule has 20 heavy (non-hydrogen) atoms. The summed E-state index contributed by atoms with van der Waals surface area (Å²) in [6.07, 6.45) is 0. The normalized spacial score (nSPS) is 9.80. The fourth-order valence-electron chi connectivity index (χ4n) is 1.64. The van der Waals surface area contributed by atoms with E-state index in [-0.39, 0.29) is 5.11 Å². The Morgan fingerprint density at radius 1 is 0.950 bits per heavy atom. The highest BCUT2D eigenvalue weighted by Gasteiger charge is 1.98. The van der Waals surface area contributed by atoms with E-state index in [1.807, 2.05) is 54.6 Å². The molecule has 3 N–H and O–H groups in total. The van der Waals surface area contributed by atoms with Gasteiger partial charge in [0.1, 0.15) is 24.7 Å². The van der Waals surface area contributed by atoms with E-state index in [0.29, 0.717) is 13.2 Å². The number of ether oxygens (including phenoxy) is 2. The fourth-order valence-corrected chi connectivity index (χ4v) is 1.76. The zero-order chi connectivity index (χ0) is 14.2. The van der Waals surface area contributed by atoms with Crippen LogP contribution in [0.2, 0.25) is 0 Å². The van der Waals surface area contributed by atoms with Gasteiger partial charge in [0.25, 0.3) is 0 Å². The molecule has 0 aliphatic heterocycles. The van der Waals surface area contributed by atoms with Crippen molar-refractivity contribution in [3.05, 3.63) is 54.6 Å². The zero-order valence-corrected chi connectivity index (χ0v) is 11.7. The Labute approximate surface area is 123 Å². The molecule has 2 rings (SSSR count). The molecule has 0 atom stereocenters. The van der Waals surface area contributed by atoms with E-state index in [1.165, 1.54) is 0 Å². The predicted octanol–water partition coefficient (Wildman–Crippen LogP) is 2.80. The molecule has 0 fully saturated rings. The van der Waals surface area contributed by atoms with E-state index >= 15 is 0 Å². The minimum Gasteiger partial charge on any atom is -0.490 e. The summed E-state index contributed by atoms with van der Waals surface area (Å²) in [5.74, 6) is 1.57. The quantitative estimate of drug-likeness (QED) is 0.632. The van der Waals surface area contributed by atoms with Gasteiger partial charge in [-0.2, -0.15) is 0 Å². The summed E-state index contributed by atoms with van der Waals surface area (Å²) < 4.78 is 11.1. The first-order valence-electron chi connectivity index (χ1n) is 6.21.